The Hall–Kier alpha value is -2.08. The Bertz CT molecular complexity index is 585. The number of carbonyl (C=O) groups excluding carboxylic acids is 2. The molecule has 1 fully saturated rings. The summed E-state index contributed by atoms with van der Waals surface area (Å²) in [6.45, 7) is 6.90. The predicted molar refractivity (Wildman–Crippen MR) is 97.2 cm³/mol. The first-order valence-electron chi connectivity index (χ1n) is 8.98. The molecule has 25 heavy (non-hydrogen) atoms. The molecule has 2 rings (SSSR count). The van der Waals surface area contributed by atoms with Crippen molar-refractivity contribution in [3.63, 3.8) is 0 Å². The first kappa shape index (κ1) is 19.2. The number of hydrogen-bond donors (Lipinski definition) is 1. The van der Waals surface area contributed by atoms with Gasteiger partial charge in [0.05, 0.1) is 13.2 Å². The minimum atomic E-state index is -0.500. The summed E-state index contributed by atoms with van der Waals surface area (Å²) in [5.41, 5.74) is 6.42. The van der Waals surface area contributed by atoms with Crippen LogP contribution in [0.15, 0.2) is 24.3 Å². The van der Waals surface area contributed by atoms with Gasteiger partial charge < -0.3 is 15.4 Å². The van der Waals surface area contributed by atoms with Gasteiger partial charge in [0, 0.05) is 19.5 Å². The number of primary amides is 1. The van der Waals surface area contributed by atoms with E-state index < -0.39 is 5.91 Å². The molecule has 0 aromatic heterocycles. The van der Waals surface area contributed by atoms with Gasteiger partial charge in [-0.3, -0.25) is 14.5 Å². The Kier molecular flexibility index (Phi) is 7.25. The van der Waals surface area contributed by atoms with Gasteiger partial charge in [-0.1, -0.05) is 12.1 Å². The van der Waals surface area contributed by atoms with E-state index >= 15 is 0 Å². The standard InChI is InChI=1S/C19H29N3O3/c1-15(21-9-3-4-10-21)17-7-5-8-18(13-17)25-12-6-11-22(16(2)23)14-19(20)24/h5,7-8,13,15H,3-4,6,9-12,14H2,1-2H3,(H2,20,24). The van der Waals surface area contributed by atoms with Crippen molar-refractivity contribution in [1.82, 2.24) is 9.80 Å². The summed E-state index contributed by atoms with van der Waals surface area (Å²) in [5.74, 6) is 0.188. The molecule has 2 N–H and O–H groups in total. The van der Waals surface area contributed by atoms with Crippen LogP contribution in [0, 0.1) is 0 Å². The smallest absolute Gasteiger partial charge is 0.237 e. The zero-order valence-electron chi connectivity index (χ0n) is 15.2. The van der Waals surface area contributed by atoms with Gasteiger partial charge in [0.2, 0.25) is 11.8 Å². The van der Waals surface area contributed by atoms with Crippen molar-refractivity contribution in [1.29, 1.82) is 0 Å². The van der Waals surface area contributed by atoms with Crippen LogP contribution in [0.1, 0.15) is 44.7 Å². The third-order valence-electron chi connectivity index (χ3n) is 4.66. The highest BCUT2D eigenvalue weighted by molar-refractivity contribution is 5.82. The maximum atomic E-state index is 11.5. The largest absolute Gasteiger partial charge is 0.494 e. The van der Waals surface area contributed by atoms with Crippen LogP contribution < -0.4 is 10.5 Å². The highest BCUT2D eigenvalue weighted by Gasteiger charge is 2.19. The Morgan fingerprint density at radius 3 is 2.68 bits per heavy atom. The van der Waals surface area contributed by atoms with Gasteiger partial charge >= 0.3 is 0 Å². The van der Waals surface area contributed by atoms with E-state index in [1.165, 1.54) is 30.2 Å². The lowest BCUT2D eigenvalue weighted by Crippen LogP contribution is -2.38. The van der Waals surface area contributed by atoms with Gasteiger partial charge in [0.15, 0.2) is 0 Å². The summed E-state index contributed by atoms with van der Waals surface area (Å²) in [7, 11) is 0. The Labute approximate surface area is 149 Å². The number of rotatable bonds is 9. The summed E-state index contributed by atoms with van der Waals surface area (Å²) < 4.78 is 5.82. The minimum absolute atomic E-state index is 0.0435. The molecule has 1 aliphatic rings. The van der Waals surface area contributed by atoms with E-state index in [2.05, 4.69) is 24.0 Å². The van der Waals surface area contributed by atoms with Gasteiger partial charge in [0.1, 0.15) is 5.75 Å². The molecule has 138 valence electrons. The lowest BCUT2D eigenvalue weighted by Gasteiger charge is -2.24. The second-order valence-electron chi connectivity index (χ2n) is 6.60. The molecule has 1 aliphatic heterocycles. The first-order chi connectivity index (χ1) is 12.0. The Morgan fingerprint density at radius 1 is 1.32 bits per heavy atom. The van der Waals surface area contributed by atoms with Crippen molar-refractivity contribution >= 4 is 11.8 Å². The molecule has 1 aromatic rings. The Morgan fingerprint density at radius 2 is 2.04 bits per heavy atom. The molecule has 1 aromatic carbocycles. The molecule has 0 bridgehead atoms. The number of benzene rings is 1. The maximum Gasteiger partial charge on any atom is 0.237 e. The normalized spacial score (nSPS) is 15.8. The molecule has 0 spiro atoms. The topological polar surface area (TPSA) is 75.9 Å². The molecule has 2 amide bonds. The number of nitrogens with zero attached hydrogens (tertiary/aromatic N) is 2. The number of hydrogen-bond acceptors (Lipinski definition) is 4. The van der Waals surface area contributed by atoms with Crippen LogP contribution in [0.5, 0.6) is 5.75 Å². The van der Waals surface area contributed by atoms with Crippen LogP contribution in [0.25, 0.3) is 0 Å². The molecule has 0 radical (unpaired) electrons. The van der Waals surface area contributed by atoms with Crippen LogP contribution in [-0.4, -0.2) is 54.4 Å². The molecular formula is C19H29N3O3. The molecule has 0 saturated carbocycles. The highest BCUT2D eigenvalue weighted by atomic mass is 16.5. The van der Waals surface area contributed by atoms with E-state index in [1.807, 2.05) is 12.1 Å². The number of nitrogens with two attached hydrogens (primary N) is 1. The minimum Gasteiger partial charge on any atom is -0.494 e. The second-order valence-corrected chi connectivity index (χ2v) is 6.60. The van der Waals surface area contributed by atoms with Crippen molar-refractivity contribution in [2.24, 2.45) is 5.73 Å². The number of ether oxygens (including phenoxy) is 1. The second kappa shape index (κ2) is 9.42. The van der Waals surface area contributed by atoms with E-state index in [0.717, 1.165) is 18.8 Å². The molecular weight excluding hydrogens is 318 g/mol. The lowest BCUT2D eigenvalue weighted by atomic mass is 10.1. The fraction of sp³-hybridized carbons (Fsp3) is 0.579. The summed E-state index contributed by atoms with van der Waals surface area (Å²) in [5, 5.41) is 0. The highest BCUT2D eigenvalue weighted by Crippen LogP contribution is 2.26. The van der Waals surface area contributed by atoms with E-state index in [1.54, 1.807) is 0 Å². The van der Waals surface area contributed by atoms with Crippen LogP contribution >= 0.6 is 0 Å². The van der Waals surface area contributed by atoms with E-state index in [0.29, 0.717) is 25.6 Å². The molecule has 0 aliphatic carbocycles. The average molecular weight is 347 g/mol. The van der Waals surface area contributed by atoms with Crippen molar-refractivity contribution in [3.8, 4) is 5.75 Å². The zero-order chi connectivity index (χ0) is 18.2. The quantitative estimate of drug-likeness (QED) is 0.693. The molecule has 1 heterocycles. The summed E-state index contributed by atoms with van der Waals surface area (Å²) in [4.78, 5) is 26.4. The van der Waals surface area contributed by atoms with E-state index in [4.69, 9.17) is 10.5 Å². The van der Waals surface area contributed by atoms with Gasteiger partial charge in [-0.05, 0) is 57.0 Å². The Balaban J connectivity index is 1.81. The van der Waals surface area contributed by atoms with Crippen molar-refractivity contribution in [2.45, 2.75) is 39.2 Å². The molecule has 1 saturated heterocycles. The van der Waals surface area contributed by atoms with E-state index in [-0.39, 0.29) is 12.5 Å². The molecule has 1 unspecified atom stereocenters. The van der Waals surface area contributed by atoms with Gasteiger partial charge in [-0.25, -0.2) is 0 Å². The van der Waals surface area contributed by atoms with Crippen molar-refractivity contribution in [2.75, 3.05) is 32.8 Å². The van der Waals surface area contributed by atoms with Crippen LogP contribution in [0.2, 0.25) is 0 Å². The fourth-order valence-corrected chi connectivity index (χ4v) is 3.19. The fourth-order valence-electron chi connectivity index (χ4n) is 3.19. The maximum absolute atomic E-state index is 11.5. The molecule has 6 heteroatoms. The number of carbonyl (C=O) groups is 2. The number of amides is 2. The third kappa shape index (κ3) is 6.05. The van der Waals surface area contributed by atoms with Crippen LogP contribution in [-0.2, 0) is 9.59 Å². The van der Waals surface area contributed by atoms with Crippen LogP contribution in [0.3, 0.4) is 0 Å². The first-order valence-corrected chi connectivity index (χ1v) is 8.98. The molecule has 6 nitrogen and oxygen atoms in total. The summed E-state index contributed by atoms with van der Waals surface area (Å²) in [6, 6.07) is 8.60. The van der Waals surface area contributed by atoms with Crippen molar-refractivity contribution in [3.05, 3.63) is 29.8 Å². The lowest BCUT2D eigenvalue weighted by molar-refractivity contribution is -0.133. The van der Waals surface area contributed by atoms with Gasteiger partial charge in [0.25, 0.3) is 0 Å². The zero-order valence-corrected chi connectivity index (χ0v) is 15.2. The SMILES string of the molecule is CC(=O)N(CCCOc1cccc(C(C)N2CCCC2)c1)CC(N)=O. The predicted octanol–water partition coefficient (Wildman–Crippen LogP) is 1.95. The van der Waals surface area contributed by atoms with Gasteiger partial charge in [-0.15, -0.1) is 0 Å². The van der Waals surface area contributed by atoms with Crippen LogP contribution in [0.4, 0.5) is 0 Å². The third-order valence-corrected chi connectivity index (χ3v) is 4.66. The molecule has 1 atom stereocenters. The number of likely N-dealkylation sites (tertiary alicyclic amines) is 1. The van der Waals surface area contributed by atoms with Crippen molar-refractivity contribution < 1.29 is 14.3 Å². The average Bonchev–Trinajstić information content (AvgIpc) is 3.11. The summed E-state index contributed by atoms with van der Waals surface area (Å²) >= 11 is 0. The van der Waals surface area contributed by atoms with E-state index in [9.17, 15) is 9.59 Å². The summed E-state index contributed by atoms with van der Waals surface area (Å²) in [6.07, 6.45) is 3.20. The monoisotopic (exact) mass is 347 g/mol. The van der Waals surface area contributed by atoms with Gasteiger partial charge in [-0.2, -0.15) is 0 Å².